The van der Waals surface area contributed by atoms with Crippen LogP contribution in [0.4, 0.5) is 0 Å². The summed E-state index contributed by atoms with van der Waals surface area (Å²) in [7, 11) is 1.60. The van der Waals surface area contributed by atoms with Gasteiger partial charge in [0.1, 0.15) is 6.61 Å². The minimum absolute atomic E-state index is 0.0948. The number of halogens is 1. The van der Waals surface area contributed by atoms with Crippen molar-refractivity contribution >= 4 is 27.7 Å². The Morgan fingerprint density at radius 1 is 0.957 bits per heavy atom. The van der Waals surface area contributed by atoms with Gasteiger partial charge in [-0.3, -0.25) is 9.59 Å². The second kappa shape index (κ2) is 12.2. The van der Waals surface area contributed by atoms with Crippen LogP contribution in [0.5, 0.6) is 0 Å². The summed E-state index contributed by atoms with van der Waals surface area (Å²) in [6, 6.07) is 7.28. The summed E-state index contributed by atoms with van der Waals surface area (Å²) in [6.07, 6.45) is 2.08. The predicted octanol–water partition coefficient (Wildman–Crippen LogP) is 3.40. The van der Waals surface area contributed by atoms with Gasteiger partial charge >= 0.3 is 5.97 Å². The molecule has 0 radical (unpaired) electrons. The summed E-state index contributed by atoms with van der Waals surface area (Å²) in [5.41, 5.74) is 0.698. The molecule has 23 heavy (non-hydrogen) atoms. The number of hydrogen-bond acceptors (Lipinski definition) is 5. The van der Waals surface area contributed by atoms with E-state index in [2.05, 4.69) is 15.9 Å². The van der Waals surface area contributed by atoms with Crippen LogP contribution < -0.4 is 0 Å². The molecular weight excluding hydrogens is 364 g/mol. The van der Waals surface area contributed by atoms with Crippen LogP contribution in [0.3, 0.4) is 0 Å². The Bertz CT molecular complexity index is 472. The van der Waals surface area contributed by atoms with Gasteiger partial charge in [0.25, 0.3) is 0 Å². The molecule has 0 spiro atoms. The van der Waals surface area contributed by atoms with E-state index in [-0.39, 0.29) is 18.4 Å². The van der Waals surface area contributed by atoms with E-state index in [1.54, 1.807) is 19.2 Å². The van der Waals surface area contributed by atoms with E-state index in [1.165, 1.54) is 0 Å². The third-order valence-electron chi connectivity index (χ3n) is 3.12. The molecule has 0 aromatic heterocycles. The molecule has 0 saturated carbocycles. The van der Waals surface area contributed by atoms with E-state index in [0.29, 0.717) is 51.1 Å². The van der Waals surface area contributed by atoms with E-state index in [1.807, 2.05) is 12.1 Å². The quantitative estimate of drug-likeness (QED) is 0.313. The third-order valence-corrected chi connectivity index (χ3v) is 3.65. The molecule has 0 saturated heterocycles. The predicted molar refractivity (Wildman–Crippen MR) is 90.6 cm³/mol. The van der Waals surface area contributed by atoms with Crippen molar-refractivity contribution in [2.24, 2.45) is 0 Å². The summed E-state index contributed by atoms with van der Waals surface area (Å²) in [5.74, 6) is -0.158. The Labute approximate surface area is 145 Å². The van der Waals surface area contributed by atoms with Gasteiger partial charge in [-0.1, -0.05) is 28.1 Å². The molecule has 0 aliphatic carbocycles. The van der Waals surface area contributed by atoms with Crippen molar-refractivity contribution in [1.29, 1.82) is 0 Å². The smallest absolute Gasteiger partial charge is 0.305 e. The Kier molecular flexibility index (Phi) is 10.5. The Morgan fingerprint density at radius 3 is 2.30 bits per heavy atom. The van der Waals surface area contributed by atoms with Gasteiger partial charge in [0, 0.05) is 30.0 Å². The second-order valence-electron chi connectivity index (χ2n) is 4.96. The number of carbonyl (C=O) groups excluding carboxylic acids is 2. The molecule has 6 heteroatoms. The molecule has 0 amide bonds. The molecule has 1 rings (SSSR count). The van der Waals surface area contributed by atoms with Crippen molar-refractivity contribution in [2.45, 2.75) is 25.7 Å². The highest BCUT2D eigenvalue weighted by molar-refractivity contribution is 9.10. The maximum atomic E-state index is 11.9. The number of Topliss-reactive ketones (excluding diaryl/α,β-unsaturated/α-hetero) is 1. The van der Waals surface area contributed by atoms with Gasteiger partial charge in [0.05, 0.1) is 19.8 Å². The lowest BCUT2D eigenvalue weighted by atomic mass is 10.0. The molecular formula is C17H23BrO5. The molecule has 5 nitrogen and oxygen atoms in total. The first-order valence-electron chi connectivity index (χ1n) is 7.64. The molecule has 0 heterocycles. The van der Waals surface area contributed by atoms with Crippen molar-refractivity contribution in [3.63, 3.8) is 0 Å². The average molecular weight is 387 g/mol. The Morgan fingerprint density at radius 2 is 1.61 bits per heavy atom. The number of methoxy groups -OCH3 is 1. The SMILES string of the molecule is COCCOCCOC(=O)CCCCC(=O)c1ccc(Br)cc1. The lowest BCUT2D eigenvalue weighted by Gasteiger charge is -2.06. The molecule has 0 aliphatic heterocycles. The van der Waals surface area contributed by atoms with Crippen LogP contribution in [-0.2, 0) is 19.0 Å². The summed E-state index contributed by atoms with van der Waals surface area (Å²) in [5, 5.41) is 0. The van der Waals surface area contributed by atoms with Crippen molar-refractivity contribution < 1.29 is 23.8 Å². The maximum Gasteiger partial charge on any atom is 0.305 e. The fourth-order valence-corrected chi connectivity index (χ4v) is 2.13. The van der Waals surface area contributed by atoms with Crippen molar-refractivity contribution in [1.82, 2.24) is 0 Å². The number of ether oxygens (including phenoxy) is 3. The molecule has 1 aromatic carbocycles. The van der Waals surface area contributed by atoms with Crippen LogP contribution in [0, 0.1) is 0 Å². The standard InChI is InChI=1S/C17H23BrO5/c1-21-10-11-22-12-13-23-17(20)5-3-2-4-16(19)14-6-8-15(18)9-7-14/h6-9H,2-5,10-13H2,1H3. The van der Waals surface area contributed by atoms with Crippen LogP contribution in [0.2, 0.25) is 0 Å². The van der Waals surface area contributed by atoms with E-state index >= 15 is 0 Å². The first-order chi connectivity index (χ1) is 11.1. The minimum Gasteiger partial charge on any atom is -0.463 e. The number of carbonyl (C=O) groups is 2. The zero-order valence-corrected chi connectivity index (χ0v) is 15.0. The first-order valence-corrected chi connectivity index (χ1v) is 8.44. The molecule has 0 N–H and O–H groups in total. The summed E-state index contributed by atoms with van der Waals surface area (Å²) < 4.78 is 16.0. The number of benzene rings is 1. The van der Waals surface area contributed by atoms with E-state index in [9.17, 15) is 9.59 Å². The zero-order valence-electron chi connectivity index (χ0n) is 13.4. The average Bonchev–Trinajstić information content (AvgIpc) is 2.55. The fraction of sp³-hybridized carbons (Fsp3) is 0.529. The van der Waals surface area contributed by atoms with E-state index in [4.69, 9.17) is 14.2 Å². The molecule has 0 fully saturated rings. The normalized spacial score (nSPS) is 10.5. The van der Waals surface area contributed by atoms with Crippen LogP contribution >= 0.6 is 15.9 Å². The monoisotopic (exact) mass is 386 g/mol. The molecule has 0 bridgehead atoms. The topological polar surface area (TPSA) is 61.8 Å². The van der Waals surface area contributed by atoms with Gasteiger partial charge in [0.2, 0.25) is 0 Å². The largest absolute Gasteiger partial charge is 0.463 e. The van der Waals surface area contributed by atoms with Crippen LogP contribution in [0.1, 0.15) is 36.0 Å². The Hall–Kier alpha value is -1.24. The summed E-state index contributed by atoms with van der Waals surface area (Å²) >= 11 is 3.33. The van der Waals surface area contributed by atoms with Crippen molar-refractivity contribution in [3.8, 4) is 0 Å². The molecule has 128 valence electrons. The summed E-state index contributed by atoms with van der Waals surface area (Å²) in [6.45, 7) is 1.64. The van der Waals surface area contributed by atoms with Gasteiger partial charge in [0.15, 0.2) is 5.78 Å². The fourth-order valence-electron chi connectivity index (χ4n) is 1.87. The second-order valence-corrected chi connectivity index (χ2v) is 5.88. The molecule has 0 atom stereocenters. The Balaban J connectivity index is 2.04. The highest BCUT2D eigenvalue weighted by Crippen LogP contribution is 2.13. The van der Waals surface area contributed by atoms with Crippen LogP contribution in [0.25, 0.3) is 0 Å². The maximum absolute atomic E-state index is 11.9. The van der Waals surface area contributed by atoms with Gasteiger partial charge in [-0.15, -0.1) is 0 Å². The lowest BCUT2D eigenvalue weighted by Crippen LogP contribution is -2.12. The highest BCUT2D eigenvalue weighted by Gasteiger charge is 2.07. The van der Waals surface area contributed by atoms with Gasteiger partial charge in [-0.25, -0.2) is 0 Å². The van der Waals surface area contributed by atoms with Crippen molar-refractivity contribution in [2.75, 3.05) is 33.5 Å². The van der Waals surface area contributed by atoms with Crippen LogP contribution in [0.15, 0.2) is 28.7 Å². The third kappa shape index (κ3) is 9.48. The van der Waals surface area contributed by atoms with Gasteiger partial charge in [-0.05, 0) is 25.0 Å². The minimum atomic E-state index is -0.253. The highest BCUT2D eigenvalue weighted by atomic mass is 79.9. The summed E-state index contributed by atoms with van der Waals surface area (Å²) in [4.78, 5) is 23.4. The van der Waals surface area contributed by atoms with Gasteiger partial charge < -0.3 is 14.2 Å². The zero-order chi connectivity index (χ0) is 16.9. The number of esters is 1. The molecule has 1 aromatic rings. The van der Waals surface area contributed by atoms with E-state index < -0.39 is 0 Å². The number of rotatable bonds is 12. The first kappa shape index (κ1) is 19.8. The molecule has 0 unspecified atom stereocenters. The number of unbranched alkanes of at least 4 members (excludes halogenated alkanes) is 1. The van der Waals surface area contributed by atoms with E-state index in [0.717, 1.165) is 4.47 Å². The number of ketones is 1. The van der Waals surface area contributed by atoms with Crippen LogP contribution in [-0.4, -0.2) is 45.3 Å². The molecule has 0 aliphatic rings. The van der Waals surface area contributed by atoms with Crippen molar-refractivity contribution in [3.05, 3.63) is 34.3 Å². The number of hydrogen-bond donors (Lipinski definition) is 0. The van der Waals surface area contributed by atoms with Gasteiger partial charge in [-0.2, -0.15) is 0 Å². The lowest BCUT2D eigenvalue weighted by molar-refractivity contribution is -0.145.